The van der Waals surface area contributed by atoms with Crippen molar-refractivity contribution in [2.45, 2.75) is 39.2 Å². The second kappa shape index (κ2) is 5.89. The fraction of sp³-hybridized carbons (Fsp3) is 0.778. The van der Waals surface area contributed by atoms with Crippen LogP contribution in [0.5, 0.6) is 0 Å². The van der Waals surface area contributed by atoms with Crippen molar-refractivity contribution in [1.29, 1.82) is 0 Å². The molecule has 0 aliphatic carbocycles. The van der Waals surface area contributed by atoms with Crippen LogP contribution < -0.4 is 5.32 Å². The molecule has 0 aromatic rings. The smallest absolute Gasteiger partial charge is 0.131 e. The number of carbonyl (C=O) groups excluding carboxylic acids is 2. The predicted molar refractivity (Wildman–Crippen MR) is 48.1 cm³/mol. The summed E-state index contributed by atoms with van der Waals surface area (Å²) in [5.41, 5.74) is 0. The quantitative estimate of drug-likeness (QED) is 0.646. The van der Waals surface area contributed by atoms with Crippen LogP contribution in [0.4, 0.5) is 0 Å². The number of Topliss-reactive ketones (excluding diaryl/α,β-unsaturated/α-hetero) is 2. The van der Waals surface area contributed by atoms with Gasteiger partial charge < -0.3 is 10.1 Å². The maximum atomic E-state index is 10.7. The normalized spacial score (nSPS) is 12.6. The standard InChI is InChI=1S/C9H17NO2/c1-7(11)4-5-9(10-3)6-8(2)12/h9-10H,4-6H2,1-3H3. The fourth-order valence-electron chi connectivity index (χ4n) is 1.07. The Kier molecular flexibility index (Phi) is 5.54. The summed E-state index contributed by atoms with van der Waals surface area (Å²) in [6, 6.07) is 0.159. The Bertz CT molecular complexity index is 166. The summed E-state index contributed by atoms with van der Waals surface area (Å²) >= 11 is 0. The lowest BCUT2D eigenvalue weighted by Crippen LogP contribution is -2.27. The largest absolute Gasteiger partial charge is 0.317 e. The molecule has 1 unspecified atom stereocenters. The highest BCUT2D eigenvalue weighted by molar-refractivity contribution is 5.77. The van der Waals surface area contributed by atoms with Crippen LogP contribution in [-0.4, -0.2) is 24.7 Å². The van der Waals surface area contributed by atoms with Gasteiger partial charge in [-0.15, -0.1) is 0 Å². The van der Waals surface area contributed by atoms with Gasteiger partial charge in [-0.3, -0.25) is 4.79 Å². The van der Waals surface area contributed by atoms with E-state index in [-0.39, 0.29) is 17.6 Å². The minimum atomic E-state index is 0.159. The van der Waals surface area contributed by atoms with E-state index < -0.39 is 0 Å². The third kappa shape index (κ3) is 6.04. The van der Waals surface area contributed by atoms with Crippen molar-refractivity contribution in [1.82, 2.24) is 5.32 Å². The second-order valence-corrected chi connectivity index (χ2v) is 3.13. The lowest BCUT2D eigenvalue weighted by atomic mass is 10.0. The average molecular weight is 171 g/mol. The Balaban J connectivity index is 3.67. The van der Waals surface area contributed by atoms with Crippen LogP contribution >= 0.6 is 0 Å². The molecule has 0 aromatic carbocycles. The van der Waals surface area contributed by atoms with Crippen LogP contribution in [0.3, 0.4) is 0 Å². The van der Waals surface area contributed by atoms with Crippen molar-refractivity contribution in [3.63, 3.8) is 0 Å². The van der Waals surface area contributed by atoms with Gasteiger partial charge in [-0.25, -0.2) is 0 Å². The van der Waals surface area contributed by atoms with Crippen LogP contribution in [0.2, 0.25) is 0 Å². The number of hydrogen-bond acceptors (Lipinski definition) is 3. The molecule has 3 nitrogen and oxygen atoms in total. The Morgan fingerprint density at radius 2 is 1.83 bits per heavy atom. The Hall–Kier alpha value is -0.700. The molecule has 0 bridgehead atoms. The molecule has 0 heterocycles. The van der Waals surface area contributed by atoms with E-state index in [4.69, 9.17) is 0 Å². The first-order valence-corrected chi connectivity index (χ1v) is 4.22. The van der Waals surface area contributed by atoms with Crippen LogP contribution in [0.15, 0.2) is 0 Å². The van der Waals surface area contributed by atoms with Crippen molar-refractivity contribution in [2.75, 3.05) is 7.05 Å². The van der Waals surface area contributed by atoms with Gasteiger partial charge >= 0.3 is 0 Å². The lowest BCUT2D eigenvalue weighted by molar-refractivity contribution is -0.119. The van der Waals surface area contributed by atoms with E-state index in [1.165, 1.54) is 0 Å². The number of ketones is 2. The number of nitrogens with one attached hydrogen (secondary N) is 1. The van der Waals surface area contributed by atoms with E-state index in [1.807, 2.05) is 7.05 Å². The summed E-state index contributed by atoms with van der Waals surface area (Å²) < 4.78 is 0. The highest BCUT2D eigenvalue weighted by Gasteiger charge is 2.09. The molecule has 0 spiro atoms. The van der Waals surface area contributed by atoms with Crippen molar-refractivity contribution in [3.05, 3.63) is 0 Å². The summed E-state index contributed by atoms with van der Waals surface area (Å²) in [4.78, 5) is 21.4. The molecule has 0 fully saturated rings. The van der Waals surface area contributed by atoms with E-state index in [0.717, 1.165) is 6.42 Å². The fourth-order valence-corrected chi connectivity index (χ4v) is 1.07. The summed E-state index contributed by atoms with van der Waals surface area (Å²) in [6.45, 7) is 3.14. The monoisotopic (exact) mass is 171 g/mol. The summed E-state index contributed by atoms with van der Waals surface area (Å²) in [6.07, 6.45) is 1.83. The molecular formula is C9H17NO2. The van der Waals surface area contributed by atoms with Crippen molar-refractivity contribution >= 4 is 11.6 Å². The summed E-state index contributed by atoms with van der Waals surface area (Å²) in [5, 5.41) is 3.02. The molecule has 0 aliphatic heterocycles. The van der Waals surface area contributed by atoms with Crippen LogP contribution in [0.25, 0.3) is 0 Å². The Morgan fingerprint density at radius 3 is 2.17 bits per heavy atom. The molecule has 1 atom stereocenters. The average Bonchev–Trinajstić information content (AvgIpc) is 1.97. The maximum Gasteiger partial charge on any atom is 0.131 e. The molecular weight excluding hydrogens is 154 g/mol. The molecule has 0 aliphatic rings. The maximum absolute atomic E-state index is 10.7. The van der Waals surface area contributed by atoms with E-state index >= 15 is 0 Å². The molecule has 0 saturated carbocycles. The topological polar surface area (TPSA) is 46.2 Å². The molecule has 0 amide bonds. The predicted octanol–water partition coefficient (Wildman–Crippen LogP) is 0.923. The van der Waals surface area contributed by atoms with Crippen LogP contribution in [0, 0.1) is 0 Å². The van der Waals surface area contributed by atoms with Gasteiger partial charge in [0.05, 0.1) is 0 Å². The zero-order chi connectivity index (χ0) is 9.56. The first kappa shape index (κ1) is 11.3. The van der Waals surface area contributed by atoms with Gasteiger partial charge in [0.15, 0.2) is 0 Å². The van der Waals surface area contributed by atoms with Gasteiger partial charge in [0.2, 0.25) is 0 Å². The third-order valence-corrected chi connectivity index (χ3v) is 1.79. The van der Waals surface area contributed by atoms with Gasteiger partial charge in [0, 0.05) is 18.9 Å². The molecule has 3 heteroatoms. The zero-order valence-corrected chi connectivity index (χ0v) is 8.02. The highest BCUT2D eigenvalue weighted by Crippen LogP contribution is 2.02. The first-order chi connectivity index (χ1) is 5.56. The second-order valence-electron chi connectivity index (χ2n) is 3.13. The van der Waals surface area contributed by atoms with Crippen molar-refractivity contribution in [2.24, 2.45) is 0 Å². The van der Waals surface area contributed by atoms with E-state index in [0.29, 0.717) is 12.8 Å². The summed E-state index contributed by atoms with van der Waals surface area (Å²) in [7, 11) is 1.81. The Morgan fingerprint density at radius 1 is 1.25 bits per heavy atom. The zero-order valence-electron chi connectivity index (χ0n) is 8.02. The molecule has 1 N–H and O–H groups in total. The summed E-state index contributed by atoms with van der Waals surface area (Å²) in [5.74, 6) is 0.344. The molecule has 70 valence electrons. The van der Waals surface area contributed by atoms with E-state index in [2.05, 4.69) is 5.32 Å². The molecule has 0 saturated heterocycles. The molecule has 0 radical (unpaired) electrons. The van der Waals surface area contributed by atoms with Gasteiger partial charge in [0.1, 0.15) is 11.6 Å². The Labute approximate surface area is 73.5 Å². The minimum absolute atomic E-state index is 0.159. The minimum Gasteiger partial charge on any atom is -0.317 e. The first-order valence-electron chi connectivity index (χ1n) is 4.22. The molecule has 0 rings (SSSR count). The van der Waals surface area contributed by atoms with Gasteiger partial charge in [0.25, 0.3) is 0 Å². The molecule has 0 aromatic heterocycles. The SMILES string of the molecule is CNC(CCC(C)=O)CC(C)=O. The van der Waals surface area contributed by atoms with Crippen LogP contribution in [0.1, 0.15) is 33.1 Å². The molecule has 12 heavy (non-hydrogen) atoms. The highest BCUT2D eigenvalue weighted by atomic mass is 16.1. The van der Waals surface area contributed by atoms with Gasteiger partial charge in [-0.05, 0) is 27.3 Å². The van der Waals surface area contributed by atoms with Crippen molar-refractivity contribution < 1.29 is 9.59 Å². The van der Waals surface area contributed by atoms with Crippen LogP contribution in [-0.2, 0) is 9.59 Å². The van der Waals surface area contributed by atoms with Gasteiger partial charge in [-0.2, -0.15) is 0 Å². The number of carbonyl (C=O) groups is 2. The lowest BCUT2D eigenvalue weighted by Gasteiger charge is -2.12. The third-order valence-electron chi connectivity index (χ3n) is 1.79. The van der Waals surface area contributed by atoms with E-state index in [1.54, 1.807) is 13.8 Å². The van der Waals surface area contributed by atoms with E-state index in [9.17, 15) is 9.59 Å². The number of hydrogen-bond donors (Lipinski definition) is 1. The number of rotatable bonds is 6. The van der Waals surface area contributed by atoms with Crippen molar-refractivity contribution in [3.8, 4) is 0 Å². The van der Waals surface area contributed by atoms with Gasteiger partial charge in [-0.1, -0.05) is 0 Å².